The molecule has 0 spiro atoms. The first-order chi connectivity index (χ1) is 11.0. The summed E-state index contributed by atoms with van der Waals surface area (Å²) in [5.41, 5.74) is -0.597. The Balaban J connectivity index is 3.68. The van der Waals surface area contributed by atoms with Gasteiger partial charge < -0.3 is 19.6 Å². The summed E-state index contributed by atoms with van der Waals surface area (Å²) in [6, 6.07) is 0. The quantitative estimate of drug-likeness (QED) is 0.472. The van der Waals surface area contributed by atoms with E-state index >= 15 is 0 Å². The van der Waals surface area contributed by atoms with Gasteiger partial charge in [0.15, 0.2) is 0 Å². The highest BCUT2D eigenvalue weighted by Gasteiger charge is 2.66. The second kappa shape index (κ2) is 7.87. The minimum atomic E-state index is -5.10. The van der Waals surface area contributed by atoms with Gasteiger partial charge in [0, 0.05) is 5.54 Å². The van der Waals surface area contributed by atoms with Crippen LogP contribution in [-0.2, 0) is 9.13 Å². The molecule has 1 rings (SSSR count). The molecule has 7 nitrogen and oxygen atoms in total. The zero-order valence-corrected chi connectivity index (χ0v) is 17.0. The van der Waals surface area contributed by atoms with Gasteiger partial charge in [-0.3, -0.25) is 14.0 Å². The normalized spacial score (nSPS) is 26.8. The summed E-state index contributed by atoms with van der Waals surface area (Å²) in [5, 5.41) is -2.45. The van der Waals surface area contributed by atoms with Crippen LogP contribution in [0.25, 0.3) is 0 Å². The van der Waals surface area contributed by atoms with Crippen LogP contribution < -0.4 is 0 Å². The van der Waals surface area contributed by atoms with E-state index in [2.05, 4.69) is 0 Å². The molecule has 0 aromatic rings. The van der Waals surface area contributed by atoms with Crippen molar-refractivity contribution in [2.45, 2.75) is 83.2 Å². The fraction of sp³-hybridized carbons (Fsp3) is 1.00. The van der Waals surface area contributed by atoms with Gasteiger partial charge in [-0.1, -0.05) is 47.0 Å². The van der Waals surface area contributed by atoms with Gasteiger partial charge in [-0.15, -0.1) is 0 Å². The van der Waals surface area contributed by atoms with Gasteiger partial charge in [-0.25, -0.2) is 0 Å². The smallest absolute Gasteiger partial charge is 0.323 e. The molecule has 2 atom stereocenters. The van der Waals surface area contributed by atoms with Gasteiger partial charge in [-0.05, 0) is 38.1 Å². The zero-order valence-electron chi connectivity index (χ0n) is 15.2. The highest BCUT2D eigenvalue weighted by molar-refractivity contribution is 7.72. The van der Waals surface area contributed by atoms with E-state index in [0.717, 1.165) is 25.7 Å². The fourth-order valence-corrected chi connectivity index (χ4v) is 8.39. The largest absolute Gasteiger partial charge is 0.358 e. The van der Waals surface area contributed by atoms with Crippen LogP contribution in [0.1, 0.15) is 72.6 Å². The number of hydrogen-bond donors (Lipinski definition) is 4. The maximum Gasteiger partial charge on any atom is 0.358 e. The average molecular weight is 385 g/mol. The van der Waals surface area contributed by atoms with Crippen LogP contribution in [0.2, 0.25) is 0 Å². The predicted molar refractivity (Wildman–Crippen MR) is 94.8 cm³/mol. The Morgan fingerprint density at radius 1 is 1.04 bits per heavy atom. The third-order valence-corrected chi connectivity index (χ3v) is 10.5. The number of nitrogens with zero attached hydrogens (tertiary/aromatic N) is 1. The highest BCUT2D eigenvalue weighted by Crippen LogP contribution is 2.73. The second-order valence-corrected chi connectivity index (χ2v) is 10.8. The first-order valence-corrected chi connectivity index (χ1v) is 12.1. The van der Waals surface area contributed by atoms with Gasteiger partial charge in [0.25, 0.3) is 0 Å². The van der Waals surface area contributed by atoms with Gasteiger partial charge >= 0.3 is 15.2 Å². The maximum absolute atomic E-state index is 12.4. The minimum absolute atomic E-state index is 0.167. The summed E-state index contributed by atoms with van der Waals surface area (Å²) in [7, 11) is -10.2. The van der Waals surface area contributed by atoms with Crippen LogP contribution in [0.3, 0.4) is 0 Å². The summed E-state index contributed by atoms with van der Waals surface area (Å²) in [6.07, 6.45) is 4.72. The average Bonchev–Trinajstić information content (AvgIpc) is 2.49. The zero-order chi connectivity index (χ0) is 18.8. The van der Waals surface area contributed by atoms with Gasteiger partial charge in [0.05, 0.1) is 0 Å². The number of rotatable bonds is 8. The molecular formula is C15H33NO6P2. The van der Waals surface area contributed by atoms with Crippen LogP contribution in [0.4, 0.5) is 0 Å². The van der Waals surface area contributed by atoms with E-state index in [-0.39, 0.29) is 18.9 Å². The fourth-order valence-electron chi connectivity index (χ4n) is 4.90. The Morgan fingerprint density at radius 3 is 1.92 bits per heavy atom. The molecule has 0 heterocycles. The van der Waals surface area contributed by atoms with Crippen molar-refractivity contribution in [1.82, 2.24) is 4.90 Å². The van der Waals surface area contributed by atoms with Crippen molar-refractivity contribution in [3.05, 3.63) is 0 Å². The molecule has 1 fully saturated rings. The van der Waals surface area contributed by atoms with Crippen molar-refractivity contribution in [2.24, 2.45) is 5.92 Å². The van der Waals surface area contributed by atoms with Crippen molar-refractivity contribution in [3.8, 4) is 0 Å². The van der Waals surface area contributed by atoms with Crippen molar-refractivity contribution >= 4 is 15.2 Å². The molecule has 0 bridgehead atoms. The lowest BCUT2D eigenvalue weighted by atomic mass is 9.68. The standard InChI is InChI=1S/C15H33NO6P2/c1-5-13-11-9-10-12-14(13,6-2)16(8-4)15(7-3,23(17,18)19)24(20,21)22/h13H,5-12H2,1-4H3,(H2,17,18,19)(H2,20,21,22). The Kier molecular flexibility index (Phi) is 7.32. The Labute approximate surface area is 145 Å². The van der Waals surface area contributed by atoms with Crippen LogP contribution in [0, 0.1) is 5.92 Å². The Hall–Kier alpha value is 0.260. The maximum atomic E-state index is 12.4. The second-order valence-electron chi connectivity index (χ2n) is 6.77. The first kappa shape index (κ1) is 22.3. The molecule has 0 radical (unpaired) electrons. The molecule has 0 aromatic heterocycles. The molecule has 144 valence electrons. The molecule has 24 heavy (non-hydrogen) atoms. The molecule has 4 N–H and O–H groups in total. The van der Waals surface area contributed by atoms with Crippen molar-refractivity contribution in [2.75, 3.05) is 6.54 Å². The first-order valence-electron chi connectivity index (χ1n) is 8.87. The topological polar surface area (TPSA) is 118 Å². The molecule has 0 amide bonds. The Morgan fingerprint density at radius 2 is 1.58 bits per heavy atom. The SMILES string of the molecule is CCC1CCCCC1(CC)N(CC)C(CC)(P(=O)(O)O)P(=O)(O)O. The summed E-state index contributed by atoms with van der Waals surface area (Å²) in [5.74, 6) is 0.167. The summed E-state index contributed by atoms with van der Waals surface area (Å²) in [6.45, 7) is 7.37. The van der Waals surface area contributed by atoms with Crippen molar-refractivity contribution in [1.29, 1.82) is 0 Å². The summed E-state index contributed by atoms with van der Waals surface area (Å²) in [4.78, 5) is 41.7. The van der Waals surface area contributed by atoms with Gasteiger partial charge in [0.2, 0.25) is 5.02 Å². The third-order valence-electron chi connectivity index (χ3n) is 5.97. The van der Waals surface area contributed by atoms with E-state index in [0.29, 0.717) is 12.8 Å². The van der Waals surface area contributed by atoms with Gasteiger partial charge in [0.1, 0.15) is 0 Å². The van der Waals surface area contributed by atoms with E-state index in [1.807, 2.05) is 13.8 Å². The van der Waals surface area contributed by atoms with E-state index in [9.17, 15) is 28.7 Å². The lowest BCUT2D eigenvalue weighted by molar-refractivity contribution is -0.0376. The van der Waals surface area contributed by atoms with Crippen LogP contribution in [0.5, 0.6) is 0 Å². The van der Waals surface area contributed by atoms with Crippen LogP contribution in [0.15, 0.2) is 0 Å². The monoisotopic (exact) mass is 385 g/mol. The third kappa shape index (κ3) is 3.42. The molecule has 1 aliphatic rings. The van der Waals surface area contributed by atoms with Crippen LogP contribution >= 0.6 is 15.2 Å². The lowest BCUT2D eigenvalue weighted by Gasteiger charge is -2.57. The van der Waals surface area contributed by atoms with E-state index < -0.39 is 25.8 Å². The van der Waals surface area contributed by atoms with Gasteiger partial charge in [-0.2, -0.15) is 0 Å². The van der Waals surface area contributed by atoms with Crippen LogP contribution in [-0.4, -0.2) is 41.6 Å². The molecule has 1 saturated carbocycles. The minimum Gasteiger partial charge on any atom is -0.323 e. The van der Waals surface area contributed by atoms with E-state index in [4.69, 9.17) is 0 Å². The molecule has 9 heteroatoms. The molecule has 0 saturated heterocycles. The van der Waals surface area contributed by atoms with Crippen molar-refractivity contribution < 1.29 is 28.7 Å². The number of hydrogen-bond acceptors (Lipinski definition) is 3. The molecule has 0 aliphatic heterocycles. The molecule has 2 unspecified atom stereocenters. The lowest BCUT2D eigenvalue weighted by Crippen LogP contribution is -2.63. The van der Waals surface area contributed by atoms with E-state index in [1.165, 1.54) is 11.8 Å². The highest BCUT2D eigenvalue weighted by atomic mass is 31.2. The molecule has 0 aromatic carbocycles. The van der Waals surface area contributed by atoms with E-state index in [1.54, 1.807) is 6.92 Å². The summed E-state index contributed by atoms with van der Waals surface area (Å²) >= 11 is 0. The van der Waals surface area contributed by atoms with Crippen molar-refractivity contribution in [3.63, 3.8) is 0 Å². The predicted octanol–water partition coefficient (Wildman–Crippen LogP) is 3.48. The molecular weight excluding hydrogens is 352 g/mol. The Bertz CT molecular complexity index is 494. The summed E-state index contributed by atoms with van der Waals surface area (Å²) < 4.78 is 24.8. The molecule has 1 aliphatic carbocycles.